The van der Waals surface area contributed by atoms with E-state index in [9.17, 15) is 26.4 Å². The molecule has 3 aromatic heterocycles. The third-order valence-electron chi connectivity index (χ3n) is 5.01. The van der Waals surface area contributed by atoms with Crippen molar-refractivity contribution in [3.05, 3.63) is 41.9 Å². The van der Waals surface area contributed by atoms with Gasteiger partial charge >= 0.3 is 6.18 Å². The summed E-state index contributed by atoms with van der Waals surface area (Å²) < 4.78 is 65.0. The number of rotatable bonds is 6. The maximum absolute atomic E-state index is 12.9. The number of aromatic nitrogens is 4. The molecule has 1 aliphatic carbocycles. The monoisotopic (exact) mass is 439 g/mol. The van der Waals surface area contributed by atoms with Crippen molar-refractivity contribution in [2.75, 3.05) is 5.75 Å². The van der Waals surface area contributed by atoms with Gasteiger partial charge in [0.15, 0.2) is 21.2 Å². The van der Waals surface area contributed by atoms with Gasteiger partial charge in [-0.3, -0.25) is 4.79 Å². The number of nitrogens with zero attached hydrogens (tertiary/aromatic N) is 4. The molecule has 12 heteroatoms. The second kappa shape index (κ2) is 6.76. The Labute approximate surface area is 169 Å². The molecule has 0 saturated heterocycles. The Hall–Kier alpha value is -3.02. The van der Waals surface area contributed by atoms with Crippen LogP contribution >= 0.6 is 0 Å². The van der Waals surface area contributed by atoms with Crippen molar-refractivity contribution in [1.29, 1.82) is 0 Å². The molecule has 1 amide bonds. The summed E-state index contributed by atoms with van der Waals surface area (Å²) in [6, 6.07) is 5.06. The fourth-order valence-electron chi connectivity index (χ4n) is 3.17. The predicted octanol–water partition coefficient (Wildman–Crippen LogP) is 2.34. The zero-order valence-electron chi connectivity index (χ0n) is 15.6. The quantitative estimate of drug-likeness (QED) is 0.591. The van der Waals surface area contributed by atoms with Crippen LogP contribution in [0.25, 0.3) is 17.0 Å². The second-order valence-corrected chi connectivity index (χ2v) is 9.18. The van der Waals surface area contributed by atoms with Gasteiger partial charge in [-0.15, -0.1) is 0 Å². The molecule has 30 heavy (non-hydrogen) atoms. The molecule has 0 aliphatic heterocycles. The van der Waals surface area contributed by atoms with Gasteiger partial charge in [-0.2, -0.15) is 18.3 Å². The van der Waals surface area contributed by atoms with E-state index in [0.717, 1.165) is 10.6 Å². The molecule has 1 saturated carbocycles. The maximum atomic E-state index is 12.9. The van der Waals surface area contributed by atoms with Crippen LogP contribution in [0.1, 0.15) is 31.2 Å². The molecule has 0 radical (unpaired) electrons. The van der Waals surface area contributed by atoms with Crippen LogP contribution in [0.2, 0.25) is 0 Å². The molecule has 0 spiro atoms. The maximum Gasteiger partial charge on any atom is 0.435 e. The molecule has 3 heterocycles. The Morgan fingerprint density at radius 3 is 2.57 bits per heavy atom. The van der Waals surface area contributed by atoms with Gasteiger partial charge in [0.25, 0.3) is 0 Å². The first-order valence-corrected chi connectivity index (χ1v) is 10.6. The summed E-state index contributed by atoms with van der Waals surface area (Å²) in [5.41, 5.74) is -1.31. The number of sulfone groups is 1. The summed E-state index contributed by atoms with van der Waals surface area (Å²) in [6.07, 6.45) is -1.54. The van der Waals surface area contributed by atoms with Crippen molar-refractivity contribution in [3.63, 3.8) is 0 Å². The summed E-state index contributed by atoms with van der Waals surface area (Å²) in [7, 11) is -3.70. The normalized spacial score (nSPS) is 15.9. The summed E-state index contributed by atoms with van der Waals surface area (Å²) in [5.74, 6) is -0.189. The summed E-state index contributed by atoms with van der Waals surface area (Å²) in [6.45, 7) is 1.48. The summed E-state index contributed by atoms with van der Waals surface area (Å²) >= 11 is 0. The van der Waals surface area contributed by atoms with Gasteiger partial charge in [-0.1, -0.05) is 6.92 Å². The molecule has 0 aromatic carbocycles. The van der Waals surface area contributed by atoms with Gasteiger partial charge in [0, 0.05) is 12.3 Å². The molecule has 0 atom stereocenters. The number of pyridine rings is 1. The lowest BCUT2D eigenvalue weighted by molar-refractivity contribution is -0.141. The minimum atomic E-state index is -4.64. The number of fused-ring (bicyclic) bond motifs is 1. The van der Waals surface area contributed by atoms with Gasteiger partial charge < -0.3 is 5.32 Å². The number of carbonyl (C=O) groups is 1. The molecule has 0 bridgehead atoms. The van der Waals surface area contributed by atoms with E-state index in [4.69, 9.17) is 0 Å². The standard InChI is InChI=1S/C18H16F3N5O3S/c1-2-30(28,29)12-3-4-13(17(6-7-17)22-10-27)24-16(12)11-5-8-26-15(23-11)9-14(25-26)18(19,20)21/h3-5,8-10H,2,6-7H2,1H3,(H,22,27). The van der Waals surface area contributed by atoms with Gasteiger partial charge in [0.1, 0.15) is 5.69 Å². The molecular formula is C18H16F3N5O3S. The van der Waals surface area contributed by atoms with E-state index in [0.29, 0.717) is 24.9 Å². The Morgan fingerprint density at radius 1 is 1.23 bits per heavy atom. The van der Waals surface area contributed by atoms with Crippen molar-refractivity contribution in [2.24, 2.45) is 0 Å². The van der Waals surface area contributed by atoms with E-state index in [1.165, 1.54) is 31.3 Å². The highest BCUT2D eigenvalue weighted by molar-refractivity contribution is 7.91. The molecule has 8 nitrogen and oxygen atoms in total. The SMILES string of the molecule is CCS(=O)(=O)c1ccc(C2(NC=O)CC2)nc1-c1ccn2nc(C(F)(F)F)cc2n1. The van der Waals surface area contributed by atoms with Crippen LogP contribution < -0.4 is 5.32 Å². The Balaban J connectivity index is 1.90. The van der Waals surface area contributed by atoms with Crippen molar-refractivity contribution in [3.8, 4) is 11.4 Å². The Kier molecular flexibility index (Phi) is 4.56. The van der Waals surface area contributed by atoms with Gasteiger partial charge in [-0.05, 0) is 31.0 Å². The third-order valence-corrected chi connectivity index (χ3v) is 6.77. The fourth-order valence-corrected chi connectivity index (χ4v) is 4.20. The van der Waals surface area contributed by atoms with E-state index in [-0.39, 0.29) is 27.7 Å². The first kappa shape index (κ1) is 20.3. The minimum Gasteiger partial charge on any atom is -0.348 e. The number of nitrogens with one attached hydrogen (secondary N) is 1. The number of amides is 1. The lowest BCUT2D eigenvalue weighted by Crippen LogP contribution is -2.28. The van der Waals surface area contributed by atoms with E-state index in [1.807, 2.05) is 0 Å². The van der Waals surface area contributed by atoms with Crippen LogP contribution in [0.5, 0.6) is 0 Å². The second-order valence-electron chi connectivity index (χ2n) is 6.93. The molecule has 158 valence electrons. The molecule has 1 fully saturated rings. The lowest BCUT2D eigenvalue weighted by atomic mass is 10.1. The van der Waals surface area contributed by atoms with Crippen LogP contribution in [-0.2, 0) is 26.3 Å². The molecule has 1 N–H and O–H groups in total. The fraction of sp³-hybridized carbons (Fsp3) is 0.333. The highest BCUT2D eigenvalue weighted by Crippen LogP contribution is 2.45. The topological polar surface area (TPSA) is 106 Å². The van der Waals surface area contributed by atoms with Crippen molar-refractivity contribution in [1.82, 2.24) is 24.9 Å². The highest BCUT2D eigenvalue weighted by Gasteiger charge is 2.46. The van der Waals surface area contributed by atoms with Gasteiger partial charge in [0.2, 0.25) is 6.41 Å². The number of halogens is 3. The van der Waals surface area contributed by atoms with Crippen molar-refractivity contribution < 1.29 is 26.4 Å². The first-order valence-electron chi connectivity index (χ1n) is 8.99. The molecular weight excluding hydrogens is 423 g/mol. The average molecular weight is 439 g/mol. The van der Waals surface area contributed by atoms with Gasteiger partial charge in [-0.25, -0.2) is 22.9 Å². The van der Waals surface area contributed by atoms with Crippen molar-refractivity contribution in [2.45, 2.75) is 36.4 Å². The van der Waals surface area contributed by atoms with E-state index >= 15 is 0 Å². The minimum absolute atomic E-state index is 0.0191. The summed E-state index contributed by atoms with van der Waals surface area (Å²) in [4.78, 5) is 19.5. The lowest BCUT2D eigenvalue weighted by Gasteiger charge is -2.16. The van der Waals surface area contributed by atoms with Crippen LogP contribution in [0, 0.1) is 0 Å². The molecule has 3 aromatic rings. The molecule has 4 rings (SSSR count). The zero-order chi connectivity index (χ0) is 21.7. The predicted molar refractivity (Wildman–Crippen MR) is 99.1 cm³/mol. The van der Waals surface area contributed by atoms with Crippen LogP contribution in [0.3, 0.4) is 0 Å². The summed E-state index contributed by atoms with van der Waals surface area (Å²) in [5, 5.41) is 6.14. The smallest absolute Gasteiger partial charge is 0.348 e. The van der Waals surface area contributed by atoms with Crippen molar-refractivity contribution >= 4 is 21.9 Å². The number of hydrogen-bond acceptors (Lipinski definition) is 6. The Bertz CT molecular complexity index is 1250. The third kappa shape index (κ3) is 3.40. The van der Waals surface area contributed by atoms with E-state index < -0.39 is 27.2 Å². The number of hydrogen-bond donors (Lipinski definition) is 1. The van der Waals surface area contributed by atoms with E-state index in [1.54, 1.807) is 0 Å². The average Bonchev–Trinajstić information content (AvgIpc) is 3.35. The van der Waals surface area contributed by atoms with Crippen LogP contribution in [0.15, 0.2) is 35.4 Å². The first-order chi connectivity index (χ1) is 14.1. The Morgan fingerprint density at radius 2 is 1.97 bits per heavy atom. The van der Waals surface area contributed by atoms with Crippen LogP contribution in [0.4, 0.5) is 13.2 Å². The van der Waals surface area contributed by atoms with Crippen LogP contribution in [-0.4, -0.2) is 40.2 Å². The molecule has 1 aliphatic rings. The van der Waals surface area contributed by atoms with Gasteiger partial charge in [0.05, 0.1) is 27.6 Å². The number of alkyl halides is 3. The van der Waals surface area contributed by atoms with E-state index in [2.05, 4.69) is 20.4 Å². The largest absolute Gasteiger partial charge is 0.435 e. The molecule has 0 unspecified atom stereocenters. The zero-order valence-corrected chi connectivity index (χ0v) is 16.5. The number of carbonyl (C=O) groups excluding carboxylic acids is 1. The highest BCUT2D eigenvalue weighted by atomic mass is 32.2.